The predicted molar refractivity (Wildman–Crippen MR) is 92.3 cm³/mol. The molecular weight excluding hydrogens is 280 g/mol. The average Bonchev–Trinajstić information content (AvgIpc) is 2.32. The van der Waals surface area contributed by atoms with Gasteiger partial charge in [0.15, 0.2) is 5.96 Å². The van der Waals surface area contributed by atoms with Crippen molar-refractivity contribution in [2.75, 3.05) is 20.6 Å². The number of carbonyl (C=O) groups is 1. The van der Waals surface area contributed by atoms with E-state index in [9.17, 15) is 4.79 Å². The normalized spacial score (nSPS) is 14.3. The second-order valence-corrected chi connectivity index (χ2v) is 7.60. The molecule has 0 saturated carbocycles. The van der Waals surface area contributed by atoms with E-state index < -0.39 is 5.60 Å². The quantitative estimate of drug-likeness (QED) is 0.618. The zero-order valence-corrected chi connectivity index (χ0v) is 15.7. The summed E-state index contributed by atoms with van der Waals surface area (Å²) >= 11 is 0. The van der Waals surface area contributed by atoms with E-state index in [1.165, 1.54) is 0 Å². The predicted octanol–water partition coefficient (Wildman–Crippen LogP) is 2.60. The van der Waals surface area contributed by atoms with Crippen LogP contribution in [0.3, 0.4) is 0 Å². The molecule has 6 heteroatoms. The number of nitrogens with zero attached hydrogens (tertiary/aromatic N) is 2. The van der Waals surface area contributed by atoms with Gasteiger partial charge in [-0.2, -0.15) is 0 Å². The number of amides is 1. The summed E-state index contributed by atoms with van der Waals surface area (Å²) in [6.07, 6.45) is 0.512. The lowest BCUT2D eigenvalue weighted by Gasteiger charge is -2.29. The van der Waals surface area contributed by atoms with E-state index in [-0.39, 0.29) is 17.7 Å². The van der Waals surface area contributed by atoms with E-state index in [2.05, 4.69) is 36.4 Å². The minimum absolute atomic E-state index is 0.0409. The monoisotopic (exact) mass is 314 g/mol. The maximum absolute atomic E-state index is 12.0. The lowest BCUT2D eigenvalue weighted by molar-refractivity contribution is 0.0230. The molecule has 0 heterocycles. The Morgan fingerprint density at radius 2 is 1.77 bits per heavy atom. The fourth-order valence-corrected chi connectivity index (χ4v) is 1.64. The zero-order valence-electron chi connectivity index (χ0n) is 15.7. The summed E-state index contributed by atoms with van der Waals surface area (Å²) in [4.78, 5) is 17.8. The van der Waals surface area contributed by atoms with Crippen LogP contribution in [-0.2, 0) is 4.74 Å². The van der Waals surface area contributed by atoms with E-state index in [1.54, 1.807) is 19.0 Å². The van der Waals surface area contributed by atoms with Crippen molar-refractivity contribution in [2.45, 2.75) is 72.1 Å². The van der Waals surface area contributed by atoms with Crippen molar-refractivity contribution in [3.8, 4) is 0 Å². The summed E-state index contributed by atoms with van der Waals surface area (Å²) in [6.45, 7) is 14.6. The molecule has 6 nitrogen and oxygen atoms in total. The SMILES string of the molecule is CN=C(NCCC(C)N(C)C(=O)OC(C)(C)C)NC(C)(C)C. The molecule has 0 rings (SSSR count). The van der Waals surface area contributed by atoms with Crippen LogP contribution in [0.25, 0.3) is 0 Å². The molecule has 0 fully saturated rings. The van der Waals surface area contributed by atoms with Gasteiger partial charge < -0.3 is 20.3 Å². The van der Waals surface area contributed by atoms with Crippen LogP contribution in [0.1, 0.15) is 54.9 Å². The van der Waals surface area contributed by atoms with Crippen LogP contribution in [-0.4, -0.2) is 54.8 Å². The molecule has 130 valence electrons. The van der Waals surface area contributed by atoms with E-state index >= 15 is 0 Å². The van der Waals surface area contributed by atoms with Crippen LogP contribution in [0.5, 0.6) is 0 Å². The summed E-state index contributed by atoms with van der Waals surface area (Å²) in [6, 6.07) is 0.0788. The first kappa shape index (κ1) is 20.5. The highest BCUT2D eigenvalue weighted by Crippen LogP contribution is 2.11. The Bertz CT molecular complexity index is 381. The van der Waals surface area contributed by atoms with Crippen molar-refractivity contribution >= 4 is 12.1 Å². The second-order valence-electron chi connectivity index (χ2n) is 7.60. The molecular formula is C16H34N4O2. The van der Waals surface area contributed by atoms with Gasteiger partial charge in [0.05, 0.1) is 0 Å². The van der Waals surface area contributed by atoms with Gasteiger partial charge in [-0.1, -0.05) is 0 Å². The number of nitrogens with one attached hydrogen (secondary N) is 2. The number of aliphatic imine (C=N–C) groups is 1. The summed E-state index contributed by atoms with van der Waals surface area (Å²) < 4.78 is 5.37. The summed E-state index contributed by atoms with van der Waals surface area (Å²) in [5.41, 5.74) is -0.511. The number of carbonyl (C=O) groups excluding carboxylic acids is 1. The average molecular weight is 314 g/mol. The molecule has 0 radical (unpaired) electrons. The van der Waals surface area contributed by atoms with E-state index in [0.717, 1.165) is 18.9 Å². The molecule has 0 aromatic carbocycles. The topological polar surface area (TPSA) is 66.0 Å². The van der Waals surface area contributed by atoms with Crippen LogP contribution in [0.2, 0.25) is 0 Å². The maximum atomic E-state index is 12.0. The third kappa shape index (κ3) is 9.47. The van der Waals surface area contributed by atoms with Crippen molar-refractivity contribution in [3.63, 3.8) is 0 Å². The number of ether oxygens (including phenoxy) is 1. The smallest absolute Gasteiger partial charge is 0.410 e. The zero-order chi connectivity index (χ0) is 17.6. The highest BCUT2D eigenvalue weighted by molar-refractivity contribution is 5.80. The van der Waals surface area contributed by atoms with Crippen LogP contribution in [0.15, 0.2) is 4.99 Å². The molecule has 0 bridgehead atoms. The molecule has 1 amide bonds. The van der Waals surface area contributed by atoms with Gasteiger partial charge in [0.1, 0.15) is 5.60 Å². The van der Waals surface area contributed by atoms with Gasteiger partial charge in [-0.25, -0.2) is 4.79 Å². The van der Waals surface area contributed by atoms with Gasteiger partial charge in [0, 0.05) is 32.2 Å². The van der Waals surface area contributed by atoms with Gasteiger partial charge in [-0.15, -0.1) is 0 Å². The minimum Gasteiger partial charge on any atom is -0.444 e. The third-order valence-corrected chi connectivity index (χ3v) is 2.91. The molecule has 2 N–H and O–H groups in total. The molecule has 0 aliphatic heterocycles. The first-order valence-corrected chi connectivity index (χ1v) is 7.80. The standard InChI is InChI=1S/C16H34N4O2/c1-12(20(9)14(21)22-16(5,6)7)10-11-18-13(17-8)19-15(2,3)4/h12H,10-11H2,1-9H3,(H2,17,18,19). The molecule has 22 heavy (non-hydrogen) atoms. The van der Waals surface area contributed by atoms with Crippen LogP contribution in [0, 0.1) is 0 Å². The lowest BCUT2D eigenvalue weighted by atomic mass is 10.1. The van der Waals surface area contributed by atoms with Crippen molar-refractivity contribution in [1.82, 2.24) is 15.5 Å². The van der Waals surface area contributed by atoms with Gasteiger partial charge in [-0.05, 0) is 54.9 Å². The molecule has 0 aliphatic carbocycles. The van der Waals surface area contributed by atoms with E-state index in [0.29, 0.717) is 0 Å². The molecule has 0 aromatic rings. The van der Waals surface area contributed by atoms with Crippen molar-refractivity contribution in [3.05, 3.63) is 0 Å². The second kappa shape index (κ2) is 8.25. The fourth-order valence-electron chi connectivity index (χ4n) is 1.64. The molecule has 0 aromatic heterocycles. The van der Waals surface area contributed by atoms with Crippen molar-refractivity contribution in [1.29, 1.82) is 0 Å². The highest BCUT2D eigenvalue weighted by Gasteiger charge is 2.22. The fraction of sp³-hybridized carbons (Fsp3) is 0.875. The Morgan fingerprint density at radius 1 is 1.23 bits per heavy atom. The number of rotatable bonds is 4. The number of guanidine groups is 1. The summed E-state index contributed by atoms with van der Waals surface area (Å²) in [5, 5.41) is 6.56. The molecule has 0 aliphatic rings. The number of hydrogen-bond acceptors (Lipinski definition) is 3. The summed E-state index contributed by atoms with van der Waals surface area (Å²) in [5.74, 6) is 0.764. The van der Waals surface area contributed by atoms with Gasteiger partial charge in [-0.3, -0.25) is 4.99 Å². The lowest BCUT2D eigenvalue weighted by Crippen LogP contribution is -2.48. The Hall–Kier alpha value is -1.46. The van der Waals surface area contributed by atoms with Crippen molar-refractivity contribution < 1.29 is 9.53 Å². The van der Waals surface area contributed by atoms with E-state index in [4.69, 9.17) is 4.74 Å². The van der Waals surface area contributed by atoms with Crippen LogP contribution >= 0.6 is 0 Å². The molecule has 1 unspecified atom stereocenters. The Morgan fingerprint density at radius 3 is 2.18 bits per heavy atom. The first-order chi connectivity index (χ1) is 9.85. The van der Waals surface area contributed by atoms with Gasteiger partial charge in [0.2, 0.25) is 0 Å². The van der Waals surface area contributed by atoms with Crippen molar-refractivity contribution in [2.24, 2.45) is 4.99 Å². The molecule has 0 spiro atoms. The Balaban J connectivity index is 4.27. The highest BCUT2D eigenvalue weighted by atomic mass is 16.6. The largest absolute Gasteiger partial charge is 0.444 e. The molecule has 0 saturated heterocycles. The van der Waals surface area contributed by atoms with Crippen LogP contribution in [0.4, 0.5) is 4.79 Å². The summed E-state index contributed by atoms with van der Waals surface area (Å²) in [7, 11) is 3.51. The minimum atomic E-state index is -0.470. The Labute approximate surface area is 135 Å². The van der Waals surface area contributed by atoms with Gasteiger partial charge >= 0.3 is 6.09 Å². The number of hydrogen-bond donors (Lipinski definition) is 2. The Kier molecular flexibility index (Phi) is 7.70. The first-order valence-electron chi connectivity index (χ1n) is 7.80. The molecule has 1 atom stereocenters. The van der Waals surface area contributed by atoms with Crippen LogP contribution < -0.4 is 10.6 Å². The third-order valence-electron chi connectivity index (χ3n) is 2.91. The van der Waals surface area contributed by atoms with Gasteiger partial charge in [0.25, 0.3) is 0 Å². The van der Waals surface area contributed by atoms with E-state index in [1.807, 2.05) is 27.7 Å². The maximum Gasteiger partial charge on any atom is 0.410 e.